The van der Waals surface area contributed by atoms with Crippen molar-refractivity contribution in [2.75, 3.05) is 31.6 Å². The number of carbonyl (C=O) groups excluding carboxylic acids is 1. The van der Waals surface area contributed by atoms with Crippen molar-refractivity contribution >= 4 is 34.9 Å². The minimum atomic E-state index is -5.02. The summed E-state index contributed by atoms with van der Waals surface area (Å²) in [6.07, 6.45) is -7.38. The van der Waals surface area contributed by atoms with E-state index in [0.717, 1.165) is 25.0 Å². The monoisotopic (exact) mass is 571 g/mol. The van der Waals surface area contributed by atoms with Gasteiger partial charge in [0, 0.05) is 31.3 Å². The van der Waals surface area contributed by atoms with Crippen molar-refractivity contribution in [1.82, 2.24) is 10.6 Å². The number of urea groups is 1. The molecule has 0 aromatic heterocycles. The standard InChI is InChI=1S/C24H25Cl2F6N3O2/c25-20-4-3-14(8-21(20)26)15(5-6-33-13-19-2-1-7-37-19)12-34-22(36)35-18-10-16(23(27,28)29)9-17(11-18)24(30,31)32/h3-4,8-11,15,19,33H,1-2,5-7,12-13H2,(H2,34,35,36). The summed E-state index contributed by atoms with van der Waals surface area (Å²) < 4.78 is 84.1. The molecule has 1 saturated heterocycles. The number of ether oxygens (including phenoxy) is 1. The number of rotatable bonds is 9. The number of amides is 2. The summed E-state index contributed by atoms with van der Waals surface area (Å²) in [4.78, 5) is 12.4. The van der Waals surface area contributed by atoms with E-state index in [1.54, 1.807) is 18.2 Å². The summed E-state index contributed by atoms with van der Waals surface area (Å²) in [6.45, 7) is 2.00. The molecule has 1 fully saturated rings. The SMILES string of the molecule is O=C(NCC(CCNCC1CCCO1)c1ccc(Cl)c(Cl)c1)Nc1cc(C(F)(F)F)cc(C(F)(F)F)c1. The van der Waals surface area contributed by atoms with E-state index in [4.69, 9.17) is 27.9 Å². The molecule has 3 N–H and O–H groups in total. The highest BCUT2D eigenvalue weighted by Crippen LogP contribution is 2.37. The highest BCUT2D eigenvalue weighted by molar-refractivity contribution is 6.42. The van der Waals surface area contributed by atoms with Crippen molar-refractivity contribution in [2.24, 2.45) is 0 Å². The Hall–Kier alpha value is -2.21. The van der Waals surface area contributed by atoms with Crippen LogP contribution in [0.4, 0.5) is 36.8 Å². The molecule has 3 rings (SSSR count). The van der Waals surface area contributed by atoms with Crippen LogP contribution in [0.15, 0.2) is 36.4 Å². The second kappa shape index (κ2) is 12.6. The van der Waals surface area contributed by atoms with Gasteiger partial charge in [0.15, 0.2) is 0 Å². The summed E-state index contributed by atoms with van der Waals surface area (Å²) >= 11 is 12.1. The van der Waals surface area contributed by atoms with Gasteiger partial charge >= 0.3 is 18.4 Å². The van der Waals surface area contributed by atoms with Crippen LogP contribution in [0.3, 0.4) is 0 Å². The Morgan fingerprint density at radius 3 is 2.24 bits per heavy atom. The van der Waals surface area contributed by atoms with Gasteiger partial charge in [-0.25, -0.2) is 4.79 Å². The Labute approximate surface area is 219 Å². The van der Waals surface area contributed by atoms with Crippen LogP contribution >= 0.6 is 23.2 Å². The molecule has 1 aliphatic rings. The second-order valence-corrected chi connectivity index (χ2v) is 9.44. The van der Waals surface area contributed by atoms with Crippen molar-refractivity contribution in [3.8, 4) is 0 Å². The van der Waals surface area contributed by atoms with E-state index < -0.39 is 35.2 Å². The van der Waals surface area contributed by atoms with Crippen molar-refractivity contribution in [3.05, 3.63) is 63.1 Å². The lowest BCUT2D eigenvalue weighted by molar-refractivity contribution is -0.143. The molecule has 0 spiro atoms. The van der Waals surface area contributed by atoms with Gasteiger partial charge in [0.05, 0.1) is 27.3 Å². The van der Waals surface area contributed by atoms with E-state index in [2.05, 4.69) is 16.0 Å². The molecule has 1 heterocycles. The maximum atomic E-state index is 13.1. The van der Waals surface area contributed by atoms with E-state index in [1.165, 1.54) is 0 Å². The van der Waals surface area contributed by atoms with Gasteiger partial charge in [-0.1, -0.05) is 29.3 Å². The number of carbonyl (C=O) groups is 1. The smallest absolute Gasteiger partial charge is 0.377 e. The Bertz CT molecular complexity index is 1040. The van der Waals surface area contributed by atoms with Gasteiger partial charge in [-0.05, 0) is 61.7 Å². The largest absolute Gasteiger partial charge is 0.416 e. The molecule has 13 heteroatoms. The normalized spacial score (nSPS) is 17.0. The fourth-order valence-corrected chi connectivity index (χ4v) is 4.22. The number of anilines is 1. The lowest BCUT2D eigenvalue weighted by Crippen LogP contribution is -2.34. The zero-order valence-electron chi connectivity index (χ0n) is 19.4. The first kappa shape index (κ1) is 29.3. The van der Waals surface area contributed by atoms with Gasteiger partial charge in [0.25, 0.3) is 0 Å². The Morgan fingerprint density at radius 2 is 1.68 bits per heavy atom. The molecule has 2 unspecified atom stereocenters. The average Bonchev–Trinajstić information content (AvgIpc) is 3.33. The van der Waals surface area contributed by atoms with E-state index >= 15 is 0 Å². The number of hydrogen-bond acceptors (Lipinski definition) is 3. The molecule has 2 atom stereocenters. The number of nitrogens with one attached hydrogen (secondary N) is 3. The van der Waals surface area contributed by atoms with Crippen molar-refractivity contribution in [1.29, 1.82) is 0 Å². The molecule has 0 saturated carbocycles. The molecule has 1 aliphatic heterocycles. The first-order chi connectivity index (χ1) is 17.3. The molecule has 0 bridgehead atoms. The lowest BCUT2D eigenvalue weighted by atomic mass is 9.95. The molecule has 0 aliphatic carbocycles. The summed E-state index contributed by atoms with van der Waals surface area (Å²) in [6, 6.07) is 4.92. The minimum absolute atomic E-state index is 0.00694. The van der Waals surface area contributed by atoms with Gasteiger partial charge in [-0.15, -0.1) is 0 Å². The number of halogens is 8. The highest BCUT2D eigenvalue weighted by Gasteiger charge is 2.37. The Kier molecular flexibility index (Phi) is 9.96. The third-order valence-electron chi connectivity index (χ3n) is 5.84. The van der Waals surface area contributed by atoms with Crippen molar-refractivity contribution < 1.29 is 35.9 Å². The predicted molar refractivity (Wildman–Crippen MR) is 129 cm³/mol. The first-order valence-corrected chi connectivity index (χ1v) is 12.2. The molecule has 2 aromatic carbocycles. The first-order valence-electron chi connectivity index (χ1n) is 11.4. The summed E-state index contributed by atoms with van der Waals surface area (Å²) in [7, 11) is 0. The van der Waals surface area contributed by atoms with Crippen LogP contribution in [0, 0.1) is 0 Å². The molecule has 37 heavy (non-hydrogen) atoms. The quantitative estimate of drug-likeness (QED) is 0.222. The minimum Gasteiger partial charge on any atom is -0.377 e. The Morgan fingerprint density at radius 1 is 1.00 bits per heavy atom. The third kappa shape index (κ3) is 8.94. The van der Waals surface area contributed by atoms with Gasteiger partial charge in [0.1, 0.15) is 0 Å². The molecule has 2 amide bonds. The van der Waals surface area contributed by atoms with Gasteiger partial charge in [0.2, 0.25) is 0 Å². The topological polar surface area (TPSA) is 62.4 Å². The van der Waals surface area contributed by atoms with Crippen LogP contribution in [0.5, 0.6) is 0 Å². The van der Waals surface area contributed by atoms with E-state index in [0.29, 0.717) is 41.7 Å². The van der Waals surface area contributed by atoms with Crippen LogP contribution < -0.4 is 16.0 Å². The summed E-state index contributed by atoms with van der Waals surface area (Å²) in [5.74, 6) is -0.273. The van der Waals surface area contributed by atoms with Crippen molar-refractivity contribution in [3.63, 3.8) is 0 Å². The number of alkyl halides is 6. The summed E-state index contributed by atoms with van der Waals surface area (Å²) in [5, 5.41) is 8.54. The molecular weight excluding hydrogens is 547 g/mol. The molecular formula is C24H25Cl2F6N3O2. The third-order valence-corrected chi connectivity index (χ3v) is 6.57. The second-order valence-electron chi connectivity index (χ2n) is 8.63. The van der Waals surface area contributed by atoms with E-state index in [1.807, 2.05) is 0 Å². The van der Waals surface area contributed by atoms with Gasteiger partial charge in [-0.3, -0.25) is 0 Å². The Balaban J connectivity index is 1.66. The van der Waals surface area contributed by atoms with Gasteiger partial charge < -0.3 is 20.7 Å². The van der Waals surface area contributed by atoms with Gasteiger partial charge in [-0.2, -0.15) is 26.3 Å². The van der Waals surface area contributed by atoms with Crippen molar-refractivity contribution in [2.45, 2.75) is 43.6 Å². The molecule has 204 valence electrons. The molecule has 0 radical (unpaired) electrons. The molecule has 2 aromatic rings. The predicted octanol–water partition coefficient (Wildman–Crippen LogP) is 7.10. The average molecular weight is 572 g/mol. The van der Waals surface area contributed by atoms with Crippen LogP contribution in [0.25, 0.3) is 0 Å². The van der Waals surface area contributed by atoms with Crippen LogP contribution in [-0.4, -0.2) is 38.4 Å². The fraction of sp³-hybridized carbons (Fsp3) is 0.458. The highest BCUT2D eigenvalue weighted by atomic mass is 35.5. The summed E-state index contributed by atoms with van der Waals surface area (Å²) in [5.41, 5.74) is -2.93. The van der Waals surface area contributed by atoms with Crippen LogP contribution in [0.2, 0.25) is 10.0 Å². The lowest BCUT2D eigenvalue weighted by Gasteiger charge is -2.20. The van der Waals surface area contributed by atoms with Crippen LogP contribution in [-0.2, 0) is 17.1 Å². The number of benzene rings is 2. The zero-order valence-corrected chi connectivity index (χ0v) is 20.9. The fourth-order valence-electron chi connectivity index (χ4n) is 3.92. The number of hydrogen-bond donors (Lipinski definition) is 3. The zero-order chi connectivity index (χ0) is 27.2. The van der Waals surface area contributed by atoms with E-state index in [9.17, 15) is 31.1 Å². The van der Waals surface area contributed by atoms with Crippen LogP contribution in [0.1, 0.15) is 41.9 Å². The molecule has 5 nitrogen and oxygen atoms in total. The maximum absolute atomic E-state index is 13.1. The van der Waals surface area contributed by atoms with E-state index in [-0.39, 0.29) is 24.6 Å². The maximum Gasteiger partial charge on any atom is 0.416 e.